The van der Waals surface area contributed by atoms with Crippen molar-refractivity contribution >= 4 is 27.8 Å². The van der Waals surface area contributed by atoms with Crippen molar-refractivity contribution in [3.8, 4) is 0 Å². The number of esters is 1. The van der Waals surface area contributed by atoms with Crippen molar-refractivity contribution in [1.29, 1.82) is 0 Å². The molecule has 0 aliphatic carbocycles. The van der Waals surface area contributed by atoms with Gasteiger partial charge < -0.3 is 14.4 Å². The summed E-state index contributed by atoms with van der Waals surface area (Å²) < 4.78 is 10.4. The highest BCUT2D eigenvalue weighted by molar-refractivity contribution is 9.10. The number of methoxy groups -OCH3 is 2. The van der Waals surface area contributed by atoms with Gasteiger partial charge in [0.2, 0.25) is 0 Å². The summed E-state index contributed by atoms with van der Waals surface area (Å²) in [6.45, 7) is 3.06. The maximum absolute atomic E-state index is 12.6. The van der Waals surface area contributed by atoms with E-state index in [1.54, 1.807) is 12.0 Å². The summed E-state index contributed by atoms with van der Waals surface area (Å²) in [5.41, 5.74) is 1.58. The minimum absolute atomic E-state index is 0.133. The third kappa shape index (κ3) is 5.47. The quantitative estimate of drug-likeness (QED) is 0.703. The number of carbonyl (C=O) groups is 2. The van der Waals surface area contributed by atoms with Gasteiger partial charge in [0.1, 0.15) is 0 Å². The number of hydrogen-bond acceptors (Lipinski definition) is 4. The molecule has 0 fully saturated rings. The van der Waals surface area contributed by atoms with Crippen LogP contribution in [0.25, 0.3) is 0 Å². The van der Waals surface area contributed by atoms with Crippen LogP contribution in [0.2, 0.25) is 0 Å². The molecule has 0 saturated heterocycles. The highest BCUT2D eigenvalue weighted by Gasteiger charge is 2.19. The Hall–Kier alpha value is -1.40. The number of rotatable bonds is 7. The summed E-state index contributed by atoms with van der Waals surface area (Å²) in [4.78, 5) is 25.5. The van der Waals surface area contributed by atoms with Gasteiger partial charge in [-0.25, -0.2) is 0 Å². The predicted octanol–water partition coefficient (Wildman–Crippen LogP) is 2.41. The van der Waals surface area contributed by atoms with Crippen LogP contribution >= 0.6 is 15.9 Å². The van der Waals surface area contributed by atoms with E-state index in [4.69, 9.17) is 4.74 Å². The SMILES string of the molecule is COCCN(CCC(=O)OC)C(=O)c1cc(C)ccc1Br. The summed E-state index contributed by atoms with van der Waals surface area (Å²) in [6, 6.07) is 5.59. The van der Waals surface area contributed by atoms with Crippen LogP contribution in [-0.2, 0) is 14.3 Å². The number of halogens is 1. The Bertz CT molecular complexity index is 504. The molecule has 1 rings (SSSR count). The number of carbonyl (C=O) groups excluding carboxylic acids is 2. The molecule has 21 heavy (non-hydrogen) atoms. The second-order valence-corrected chi connectivity index (χ2v) is 5.45. The lowest BCUT2D eigenvalue weighted by atomic mass is 10.1. The fourth-order valence-corrected chi connectivity index (χ4v) is 2.23. The lowest BCUT2D eigenvalue weighted by molar-refractivity contribution is -0.140. The van der Waals surface area contributed by atoms with Crippen LogP contribution < -0.4 is 0 Å². The van der Waals surface area contributed by atoms with Crippen molar-refractivity contribution in [2.45, 2.75) is 13.3 Å². The molecule has 1 amide bonds. The number of nitrogens with zero attached hydrogens (tertiary/aromatic N) is 1. The van der Waals surface area contributed by atoms with Gasteiger partial charge in [-0.05, 0) is 35.0 Å². The van der Waals surface area contributed by atoms with Crippen molar-refractivity contribution in [2.24, 2.45) is 0 Å². The van der Waals surface area contributed by atoms with Gasteiger partial charge in [0, 0.05) is 24.7 Å². The zero-order chi connectivity index (χ0) is 15.8. The zero-order valence-corrected chi connectivity index (χ0v) is 14.1. The monoisotopic (exact) mass is 357 g/mol. The maximum Gasteiger partial charge on any atom is 0.307 e. The molecule has 0 bridgehead atoms. The summed E-state index contributed by atoms with van der Waals surface area (Å²) in [6.07, 6.45) is 0.162. The minimum Gasteiger partial charge on any atom is -0.469 e. The molecule has 0 aliphatic rings. The molecular formula is C15H20BrNO4. The fraction of sp³-hybridized carbons (Fsp3) is 0.467. The van der Waals surface area contributed by atoms with Crippen LogP contribution in [-0.4, -0.2) is 50.7 Å². The fourth-order valence-electron chi connectivity index (χ4n) is 1.82. The molecule has 1 aromatic carbocycles. The molecule has 5 nitrogen and oxygen atoms in total. The number of aryl methyl sites for hydroxylation is 1. The molecule has 0 radical (unpaired) electrons. The molecule has 0 unspecified atom stereocenters. The van der Waals surface area contributed by atoms with Crippen LogP contribution in [0.4, 0.5) is 0 Å². The zero-order valence-electron chi connectivity index (χ0n) is 12.5. The molecule has 0 saturated carbocycles. The van der Waals surface area contributed by atoms with Crippen molar-refractivity contribution in [3.63, 3.8) is 0 Å². The average Bonchev–Trinajstić information content (AvgIpc) is 2.48. The van der Waals surface area contributed by atoms with Crippen LogP contribution in [0.3, 0.4) is 0 Å². The number of amides is 1. The first kappa shape index (κ1) is 17.7. The Balaban J connectivity index is 2.87. The molecule has 6 heteroatoms. The second kappa shape index (κ2) is 8.79. The highest BCUT2D eigenvalue weighted by Crippen LogP contribution is 2.20. The Kier molecular flexibility index (Phi) is 7.39. The Morgan fingerprint density at radius 3 is 2.57 bits per heavy atom. The largest absolute Gasteiger partial charge is 0.469 e. The van der Waals surface area contributed by atoms with Gasteiger partial charge in [-0.2, -0.15) is 0 Å². The van der Waals surface area contributed by atoms with Crippen LogP contribution in [0, 0.1) is 6.92 Å². The first-order valence-electron chi connectivity index (χ1n) is 6.60. The molecular weight excluding hydrogens is 338 g/mol. The molecule has 0 aliphatic heterocycles. The molecule has 0 heterocycles. The molecule has 0 atom stereocenters. The van der Waals surface area contributed by atoms with Gasteiger partial charge in [-0.1, -0.05) is 11.6 Å². The topological polar surface area (TPSA) is 55.8 Å². The van der Waals surface area contributed by atoms with Crippen molar-refractivity contribution in [2.75, 3.05) is 33.9 Å². The van der Waals surface area contributed by atoms with Crippen LogP contribution in [0.15, 0.2) is 22.7 Å². The third-order valence-corrected chi connectivity index (χ3v) is 3.71. The van der Waals surface area contributed by atoms with E-state index in [9.17, 15) is 9.59 Å². The van der Waals surface area contributed by atoms with Crippen LogP contribution in [0.5, 0.6) is 0 Å². The third-order valence-electron chi connectivity index (χ3n) is 3.02. The maximum atomic E-state index is 12.6. The summed E-state index contributed by atoms with van der Waals surface area (Å²) in [7, 11) is 2.91. The van der Waals surface area contributed by atoms with E-state index in [1.165, 1.54) is 7.11 Å². The summed E-state index contributed by atoms with van der Waals surface area (Å²) >= 11 is 3.39. The van der Waals surface area contributed by atoms with E-state index in [0.717, 1.165) is 10.0 Å². The summed E-state index contributed by atoms with van der Waals surface area (Å²) in [5, 5.41) is 0. The molecule has 0 aromatic heterocycles. The van der Waals surface area contributed by atoms with Crippen molar-refractivity contribution < 1.29 is 19.1 Å². The standard InChI is InChI=1S/C15H20BrNO4/c1-11-4-5-13(16)12(10-11)15(19)17(8-9-20-2)7-6-14(18)21-3/h4-5,10H,6-9H2,1-3H3. The Morgan fingerprint density at radius 2 is 1.95 bits per heavy atom. The van der Waals surface area contributed by atoms with Gasteiger partial charge in [-0.3, -0.25) is 9.59 Å². The number of hydrogen-bond donors (Lipinski definition) is 0. The van der Waals surface area contributed by atoms with E-state index in [2.05, 4.69) is 20.7 Å². The van der Waals surface area contributed by atoms with E-state index in [-0.39, 0.29) is 18.3 Å². The highest BCUT2D eigenvalue weighted by atomic mass is 79.9. The second-order valence-electron chi connectivity index (χ2n) is 4.59. The molecule has 116 valence electrons. The van der Waals surface area contributed by atoms with Gasteiger partial charge in [0.15, 0.2) is 0 Å². The smallest absolute Gasteiger partial charge is 0.307 e. The number of benzene rings is 1. The van der Waals surface area contributed by atoms with Gasteiger partial charge >= 0.3 is 5.97 Å². The molecule has 0 N–H and O–H groups in total. The lowest BCUT2D eigenvalue weighted by Gasteiger charge is -2.22. The van der Waals surface area contributed by atoms with Crippen LogP contribution in [0.1, 0.15) is 22.3 Å². The first-order valence-corrected chi connectivity index (χ1v) is 7.40. The van der Waals surface area contributed by atoms with Crippen molar-refractivity contribution in [1.82, 2.24) is 4.90 Å². The minimum atomic E-state index is -0.339. The Morgan fingerprint density at radius 1 is 1.24 bits per heavy atom. The van der Waals surface area contributed by atoms with Gasteiger partial charge in [0.25, 0.3) is 5.91 Å². The predicted molar refractivity (Wildman–Crippen MR) is 83.3 cm³/mol. The van der Waals surface area contributed by atoms with Crippen molar-refractivity contribution in [3.05, 3.63) is 33.8 Å². The average molecular weight is 358 g/mol. The van der Waals surface area contributed by atoms with Gasteiger partial charge in [-0.15, -0.1) is 0 Å². The van der Waals surface area contributed by atoms with E-state index < -0.39 is 0 Å². The summed E-state index contributed by atoms with van der Waals surface area (Å²) in [5.74, 6) is -0.472. The normalized spacial score (nSPS) is 10.3. The van der Waals surface area contributed by atoms with E-state index in [1.807, 2.05) is 25.1 Å². The molecule has 0 spiro atoms. The first-order chi connectivity index (χ1) is 9.99. The van der Waals surface area contributed by atoms with Gasteiger partial charge in [0.05, 0.1) is 25.7 Å². The number of ether oxygens (including phenoxy) is 2. The van der Waals surface area contributed by atoms with E-state index >= 15 is 0 Å². The van der Waals surface area contributed by atoms with E-state index in [0.29, 0.717) is 25.3 Å². The Labute approximate surface area is 133 Å². The lowest BCUT2D eigenvalue weighted by Crippen LogP contribution is -2.36. The molecule has 1 aromatic rings.